The second-order valence-corrected chi connectivity index (χ2v) is 4.09. The largest absolute Gasteiger partial charge is 0.480 e. The second-order valence-electron chi connectivity index (χ2n) is 4.09. The molecule has 0 aromatic carbocycles. The maximum absolute atomic E-state index is 11.9. The summed E-state index contributed by atoms with van der Waals surface area (Å²) in [5, 5.41) is 0. The van der Waals surface area contributed by atoms with Crippen molar-refractivity contribution in [3.05, 3.63) is 18.3 Å². The van der Waals surface area contributed by atoms with E-state index in [1.54, 1.807) is 18.3 Å². The Morgan fingerprint density at radius 1 is 1.65 bits per heavy atom. The molecule has 1 aliphatic carbocycles. The Balaban J connectivity index is 1.89. The molecule has 92 valence electrons. The average Bonchev–Trinajstić information content (AvgIpc) is 3.13. The van der Waals surface area contributed by atoms with Crippen molar-refractivity contribution in [2.45, 2.75) is 25.8 Å². The molecule has 1 heterocycles. The lowest BCUT2D eigenvalue weighted by molar-refractivity contribution is -0.133. The van der Waals surface area contributed by atoms with Gasteiger partial charge in [0.05, 0.1) is 0 Å². The minimum Gasteiger partial charge on any atom is -0.480 e. The first kappa shape index (κ1) is 11.7. The van der Waals surface area contributed by atoms with Crippen LogP contribution in [0.25, 0.3) is 0 Å². The molecule has 1 aromatic heterocycles. The van der Waals surface area contributed by atoms with E-state index in [-0.39, 0.29) is 12.5 Å². The first-order valence-corrected chi connectivity index (χ1v) is 5.85. The zero-order valence-electron chi connectivity index (χ0n) is 9.93. The monoisotopic (exact) mass is 235 g/mol. The fourth-order valence-corrected chi connectivity index (χ4v) is 1.77. The molecule has 0 radical (unpaired) electrons. The molecule has 1 aromatic rings. The molecule has 0 aliphatic heterocycles. The van der Waals surface area contributed by atoms with E-state index in [1.807, 2.05) is 11.8 Å². The van der Waals surface area contributed by atoms with Crippen molar-refractivity contribution < 1.29 is 9.53 Å². The fourth-order valence-electron chi connectivity index (χ4n) is 1.77. The van der Waals surface area contributed by atoms with Crippen LogP contribution < -0.4 is 10.5 Å². The minimum atomic E-state index is 0.0123. The molecule has 5 nitrogen and oxygen atoms in total. The molecule has 1 saturated carbocycles. The van der Waals surface area contributed by atoms with Crippen LogP contribution in [0.2, 0.25) is 0 Å². The fraction of sp³-hybridized carbons (Fsp3) is 0.500. The number of aromatic nitrogens is 1. The van der Waals surface area contributed by atoms with E-state index < -0.39 is 0 Å². The molecule has 17 heavy (non-hydrogen) atoms. The normalized spacial score (nSPS) is 14.4. The Hall–Kier alpha value is -1.78. The van der Waals surface area contributed by atoms with Gasteiger partial charge in [0.25, 0.3) is 5.91 Å². The van der Waals surface area contributed by atoms with Crippen LogP contribution in [-0.4, -0.2) is 35.0 Å². The molecule has 0 atom stereocenters. The number of hydrogen-bond acceptors (Lipinski definition) is 4. The Morgan fingerprint density at radius 2 is 2.41 bits per heavy atom. The van der Waals surface area contributed by atoms with Crippen LogP contribution in [0.3, 0.4) is 0 Å². The number of ether oxygens (including phenoxy) is 1. The third-order valence-corrected chi connectivity index (χ3v) is 2.80. The van der Waals surface area contributed by atoms with Crippen LogP contribution in [0.15, 0.2) is 18.3 Å². The number of pyridine rings is 1. The van der Waals surface area contributed by atoms with Gasteiger partial charge in [-0.2, -0.15) is 0 Å². The SMILES string of the molecule is CCN(C(=O)COc1cccnc1N)C1CC1. The van der Waals surface area contributed by atoms with E-state index >= 15 is 0 Å². The molecular formula is C12H17N3O2. The van der Waals surface area contributed by atoms with E-state index in [0.717, 1.165) is 19.4 Å². The van der Waals surface area contributed by atoms with Gasteiger partial charge < -0.3 is 15.4 Å². The molecule has 0 bridgehead atoms. The molecule has 1 fully saturated rings. The quantitative estimate of drug-likeness (QED) is 0.828. The van der Waals surface area contributed by atoms with Crippen LogP contribution >= 0.6 is 0 Å². The van der Waals surface area contributed by atoms with Crippen molar-refractivity contribution in [1.29, 1.82) is 0 Å². The van der Waals surface area contributed by atoms with Gasteiger partial charge in [0.2, 0.25) is 0 Å². The summed E-state index contributed by atoms with van der Waals surface area (Å²) in [4.78, 5) is 17.6. The number of carbonyl (C=O) groups excluding carboxylic acids is 1. The van der Waals surface area contributed by atoms with Crippen molar-refractivity contribution in [3.63, 3.8) is 0 Å². The number of nitrogen functional groups attached to an aromatic ring is 1. The van der Waals surface area contributed by atoms with Crippen molar-refractivity contribution in [1.82, 2.24) is 9.88 Å². The van der Waals surface area contributed by atoms with Crippen LogP contribution in [0.1, 0.15) is 19.8 Å². The molecule has 0 spiro atoms. The lowest BCUT2D eigenvalue weighted by atomic mass is 10.4. The van der Waals surface area contributed by atoms with E-state index in [2.05, 4.69) is 4.98 Å². The Bertz CT molecular complexity index is 404. The number of amides is 1. The summed E-state index contributed by atoms with van der Waals surface area (Å²) in [6.45, 7) is 2.74. The number of rotatable bonds is 5. The predicted octanol–water partition coefficient (Wildman–Crippen LogP) is 1.05. The molecule has 2 N–H and O–H groups in total. The van der Waals surface area contributed by atoms with Gasteiger partial charge >= 0.3 is 0 Å². The highest BCUT2D eigenvalue weighted by atomic mass is 16.5. The summed E-state index contributed by atoms with van der Waals surface area (Å²) in [6, 6.07) is 3.86. The van der Waals surface area contributed by atoms with Crippen molar-refractivity contribution in [2.24, 2.45) is 0 Å². The second kappa shape index (κ2) is 5.03. The number of carbonyl (C=O) groups is 1. The highest BCUT2D eigenvalue weighted by Crippen LogP contribution is 2.26. The van der Waals surface area contributed by atoms with Gasteiger partial charge in [-0.25, -0.2) is 4.98 Å². The van der Waals surface area contributed by atoms with Gasteiger partial charge in [0.15, 0.2) is 18.2 Å². The molecule has 1 amide bonds. The topological polar surface area (TPSA) is 68.5 Å². The lowest BCUT2D eigenvalue weighted by Crippen LogP contribution is -2.36. The zero-order chi connectivity index (χ0) is 12.3. The summed E-state index contributed by atoms with van der Waals surface area (Å²) < 4.78 is 5.38. The van der Waals surface area contributed by atoms with Crippen LogP contribution in [0, 0.1) is 0 Å². The van der Waals surface area contributed by atoms with Crippen molar-refractivity contribution in [3.8, 4) is 5.75 Å². The third kappa shape index (κ3) is 2.87. The zero-order valence-corrected chi connectivity index (χ0v) is 9.93. The standard InChI is InChI=1S/C12H17N3O2/c1-2-15(9-5-6-9)11(16)8-17-10-4-3-7-14-12(10)13/h3-4,7,9H,2,5-6,8H2,1H3,(H2,13,14). The summed E-state index contributed by atoms with van der Waals surface area (Å²) >= 11 is 0. The molecule has 5 heteroatoms. The molecule has 2 rings (SSSR count). The minimum absolute atomic E-state index is 0.0123. The van der Waals surface area contributed by atoms with Crippen molar-refractivity contribution in [2.75, 3.05) is 18.9 Å². The van der Waals surface area contributed by atoms with Crippen LogP contribution in [-0.2, 0) is 4.79 Å². The van der Waals surface area contributed by atoms with Gasteiger partial charge in [-0.1, -0.05) is 0 Å². The van der Waals surface area contributed by atoms with Crippen LogP contribution in [0.5, 0.6) is 5.75 Å². The molecular weight excluding hydrogens is 218 g/mol. The number of nitrogens with zero attached hydrogens (tertiary/aromatic N) is 2. The highest BCUT2D eigenvalue weighted by Gasteiger charge is 2.31. The van der Waals surface area contributed by atoms with E-state index in [9.17, 15) is 4.79 Å². The van der Waals surface area contributed by atoms with E-state index in [0.29, 0.717) is 17.6 Å². The maximum Gasteiger partial charge on any atom is 0.260 e. The van der Waals surface area contributed by atoms with Gasteiger partial charge in [-0.3, -0.25) is 4.79 Å². The van der Waals surface area contributed by atoms with Gasteiger partial charge in [0, 0.05) is 18.8 Å². The first-order chi connectivity index (χ1) is 8.22. The first-order valence-electron chi connectivity index (χ1n) is 5.85. The Morgan fingerprint density at radius 3 is 3.00 bits per heavy atom. The Labute approximate surface area is 101 Å². The van der Waals surface area contributed by atoms with Gasteiger partial charge in [-0.05, 0) is 31.9 Å². The van der Waals surface area contributed by atoms with E-state index in [4.69, 9.17) is 10.5 Å². The molecule has 0 saturated heterocycles. The highest BCUT2D eigenvalue weighted by molar-refractivity contribution is 5.78. The van der Waals surface area contributed by atoms with Gasteiger partial charge in [0.1, 0.15) is 0 Å². The number of hydrogen-bond donors (Lipinski definition) is 1. The average molecular weight is 235 g/mol. The number of anilines is 1. The summed E-state index contributed by atoms with van der Waals surface area (Å²) in [6.07, 6.45) is 3.80. The Kier molecular flexibility index (Phi) is 3.46. The number of nitrogens with two attached hydrogens (primary N) is 1. The summed E-state index contributed by atoms with van der Waals surface area (Å²) in [5.41, 5.74) is 5.63. The van der Waals surface area contributed by atoms with Crippen LogP contribution in [0.4, 0.5) is 5.82 Å². The summed E-state index contributed by atoms with van der Waals surface area (Å²) in [7, 11) is 0. The summed E-state index contributed by atoms with van der Waals surface area (Å²) in [5.74, 6) is 0.792. The molecule has 0 unspecified atom stereocenters. The molecule has 1 aliphatic rings. The number of likely N-dealkylation sites (N-methyl/N-ethyl adjacent to an activating group) is 1. The smallest absolute Gasteiger partial charge is 0.260 e. The predicted molar refractivity (Wildman–Crippen MR) is 64.6 cm³/mol. The van der Waals surface area contributed by atoms with Gasteiger partial charge in [-0.15, -0.1) is 0 Å². The third-order valence-electron chi connectivity index (χ3n) is 2.80. The lowest BCUT2D eigenvalue weighted by Gasteiger charge is -2.20. The van der Waals surface area contributed by atoms with E-state index in [1.165, 1.54) is 0 Å². The van der Waals surface area contributed by atoms with Crippen molar-refractivity contribution >= 4 is 11.7 Å². The maximum atomic E-state index is 11.9.